The van der Waals surface area contributed by atoms with Gasteiger partial charge in [-0.25, -0.2) is 5.43 Å². The van der Waals surface area contributed by atoms with E-state index in [1.165, 1.54) is 0 Å². The molecule has 3 aromatic carbocycles. The molecule has 172 valence electrons. The summed E-state index contributed by atoms with van der Waals surface area (Å²) in [6.45, 7) is 2.68. The van der Waals surface area contributed by atoms with Gasteiger partial charge >= 0.3 is 0 Å². The summed E-state index contributed by atoms with van der Waals surface area (Å²) in [6, 6.07) is 21.9. The van der Waals surface area contributed by atoms with Crippen molar-refractivity contribution < 1.29 is 9.47 Å². The second-order valence-electron chi connectivity index (χ2n) is 7.65. The average Bonchev–Trinajstić information content (AvgIpc) is 2.90. The number of hydrogen-bond acceptors (Lipinski definition) is 9. The highest BCUT2D eigenvalue weighted by Crippen LogP contribution is 2.26. The first kappa shape index (κ1) is 21.6. The fourth-order valence-electron chi connectivity index (χ4n) is 3.76. The van der Waals surface area contributed by atoms with E-state index in [2.05, 4.69) is 53.9 Å². The predicted octanol–water partition coefficient (Wildman–Crippen LogP) is 4.06. The molecule has 0 bridgehead atoms. The van der Waals surface area contributed by atoms with Crippen LogP contribution in [0.3, 0.4) is 0 Å². The number of hydrogen-bond donors (Lipinski definition) is 2. The molecule has 1 aromatic heterocycles. The van der Waals surface area contributed by atoms with Crippen LogP contribution in [-0.2, 0) is 4.74 Å². The first-order chi connectivity index (χ1) is 16.8. The third kappa shape index (κ3) is 4.89. The summed E-state index contributed by atoms with van der Waals surface area (Å²) in [5, 5.41) is 9.91. The Morgan fingerprint density at radius 1 is 0.912 bits per heavy atom. The maximum atomic E-state index is 5.48. The second kappa shape index (κ2) is 10.1. The summed E-state index contributed by atoms with van der Waals surface area (Å²) in [5.74, 6) is 2.07. The highest BCUT2D eigenvalue weighted by Gasteiger charge is 2.17. The molecule has 0 radical (unpaired) electrons. The Morgan fingerprint density at radius 2 is 1.68 bits per heavy atom. The molecule has 0 spiro atoms. The summed E-state index contributed by atoms with van der Waals surface area (Å²) >= 11 is 0. The molecule has 4 aromatic rings. The van der Waals surface area contributed by atoms with Gasteiger partial charge in [-0.3, -0.25) is 0 Å². The molecule has 0 aliphatic carbocycles. The van der Waals surface area contributed by atoms with Crippen molar-refractivity contribution in [2.75, 3.05) is 49.1 Å². The summed E-state index contributed by atoms with van der Waals surface area (Å²) in [4.78, 5) is 15.9. The van der Waals surface area contributed by atoms with Crippen molar-refractivity contribution in [3.63, 3.8) is 0 Å². The largest absolute Gasteiger partial charge is 0.496 e. The molecule has 5 rings (SSSR count). The van der Waals surface area contributed by atoms with Crippen molar-refractivity contribution in [2.24, 2.45) is 5.10 Å². The number of anilines is 4. The molecule has 0 amide bonds. The number of para-hydroxylation sites is 1. The third-order valence-corrected chi connectivity index (χ3v) is 5.46. The van der Waals surface area contributed by atoms with Crippen LogP contribution in [0.5, 0.6) is 5.75 Å². The van der Waals surface area contributed by atoms with Crippen molar-refractivity contribution in [1.29, 1.82) is 0 Å². The number of methoxy groups -OCH3 is 1. The fraction of sp³-hybridized carbons (Fsp3) is 0.200. The Hall–Kier alpha value is -4.24. The normalized spacial score (nSPS) is 13.9. The minimum atomic E-state index is 0.338. The molecule has 1 aliphatic heterocycles. The molecular formula is C25H25N7O2. The van der Waals surface area contributed by atoms with E-state index in [1.54, 1.807) is 13.3 Å². The van der Waals surface area contributed by atoms with Gasteiger partial charge in [0.2, 0.25) is 17.8 Å². The SMILES string of the molecule is COc1ccccc1/C=N/Nc1nc(Nc2cccc3ccccc23)nc(N2CCOCC2)n1. The van der Waals surface area contributed by atoms with Gasteiger partial charge in [0.05, 0.1) is 26.5 Å². The van der Waals surface area contributed by atoms with Crippen LogP contribution in [0.1, 0.15) is 5.56 Å². The van der Waals surface area contributed by atoms with Gasteiger partial charge in [-0.05, 0) is 23.6 Å². The second-order valence-corrected chi connectivity index (χ2v) is 7.65. The number of benzene rings is 3. The Balaban J connectivity index is 1.45. The van der Waals surface area contributed by atoms with E-state index in [0.29, 0.717) is 44.1 Å². The quantitative estimate of drug-likeness (QED) is 0.318. The van der Waals surface area contributed by atoms with Crippen LogP contribution in [0, 0.1) is 0 Å². The van der Waals surface area contributed by atoms with E-state index < -0.39 is 0 Å². The number of aromatic nitrogens is 3. The van der Waals surface area contributed by atoms with E-state index in [-0.39, 0.29) is 0 Å². The van der Waals surface area contributed by atoms with E-state index in [4.69, 9.17) is 9.47 Å². The first-order valence-electron chi connectivity index (χ1n) is 11.1. The minimum Gasteiger partial charge on any atom is -0.496 e. The lowest BCUT2D eigenvalue weighted by Crippen LogP contribution is -2.37. The molecule has 1 saturated heterocycles. The van der Waals surface area contributed by atoms with Gasteiger partial charge in [-0.1, -0.05) is 48.5 Å². The van der Waals surface area contributed by atoms with Gasteiger partial charge in [0.1, 0.15) is 5.75 Å². The van der Waals surface area contributed by atoms with Crippen LogP contribution < -0.4 is 20.4 Å². The first-order valence-corrected chi connectivity index (χ1v) is 11.1. The third-order valence-electron chi connectivity index (χ3n) is 5.46. The molecular weight excluding hydrogens is 430 g/mol. The number of nitrogens with one attached hydrogen (secondary N) is 2. The van der Waals surface area contributed by atoms with Gasteiger partial charge < -0.3 is 19.7 Å². The molecule has 9 nitrogen and oxygen atoms in total. The van der Waals surface area contributed by atoms with Crippen molar-refractivity contribution in [3.8, 4) is 5.75 Å². The van der Waals surface area contributed by atoms with Crippen LogP contribution in [0.15, 0.2) is 71.8 Å². The standard InChI is InChI=1S/C25H25N7O2/c1-33-22-12-5-3-8-19(22)17-26-31-24-28-23(29-25(30-24)32-13-15-34-16-14-32)27-21-11-6-9-18-7-2-4-10-20(18)21/h2-12,17H,13-16H2,1H3,(H2,27,28,29,30,31)/b26-17+. The van der Waals surface area contributed by atoms with E-state index in [9.17, 15) is 0 Å². The van der Waals surface area contributed by atoms with Gasteiger partial charge in [0, 0.05) is 29.7 Å². The Morgan fingerprint density at radius 3 is 2.56 bits per heavy atom. The van der Waals surface area contributed by atoms with Crippen molar-refractivity contribution in [2.45, 2.75) is 0 Å². The molecule has 34 heavy (non-hydrogen) atoms. The van der Waals surface area contributed by atoms with Gasteiger partial charge in [0.25, 0.3) is 0 Å². The monoisotopic (exact) mass is 455 g/mol. The van der Waals surface area contributed by atoms with Gasteiger partial charge in [-0.2, -0.15) is 20.1 Å². The van der Waals surface area contributed by atoms with Crippen LogP contribution in [-0.4, -0.2) is 54.6 Å². The number of fused-ring (bicyclic) bond motifs is 1. The zero-order valence-corrected chi connectivity index (χ0v) is 18.8. The fourth-order valence-corrected chi connectivity index (χ4v) is 3.76. The maximum Gasteiger partial charge on any atom is 0.250 e. The summed E-state index contributed by atoms with van der Waals surface area (Å²) in [7, 11) is 1.63. The number of ether oxygens (including phenoxy) is 2. The number of morpholine rings is 1. The Bertz CT molecular complexity index is 1300. The van der Waals surface area contributed by atoms with Gasteiger partial charge in [-0.15, -0.1) is 0 Å². The van der Waals surface area contributed by atoms with Gasteiger partial charge in [0.15, 0.2) is 0 Å². The Kier molecular flexibility index (Phi) is 6.44. The Labute approximate surface area is 197 Å². The van der Waals surface area contributed by atoms with Crippen LogP contribution in [0.4, 0.5) is 23.5 Å². The van der Waals surface area contributed by atoms with E-state index in [1.807, 2.05) is 48.5 Å². The molecule has 0 atom stereocenters. The van der Waals surface area contributed by atoms with E-state index in [0.717, 1.165) is 27.8 Å². The molecule has 1 fully saturated rings. The highest BCUT2D eigenvalue weighted by molar-refractivity contribution is 5.95. The number of nitrogens with zero attached hydrogens (tertiary/aromatic N) is 5. The highest BCUT2D eigenvalue weighted by atomic mass is 16.5. The predicted molar refractivity (Wildman–Crippen MR) is 134 cm³/mol. The maximum absolute atomic E-state index is 5.48. The lowest BCUT2D eigenvalue weighted by atomic mass is 10.1. The molecule has 2 heterocycles. The van der Waals surface area contributed by atoms with Crippen molar-refractivity contribution in [3.05, 3.63) is 72.3 Å². The van der Waals surface area contributed by atoms with Crippen molar-refractivity contribution >= 4 is 40.5 Å². The summed E-state index contributed by atoms with van der Waals surface area (Å²) in [6.07, 6.45) is 1.68. The van der Waals surface area contributed by atoms with Crippen LogP contribution in [0.25, 0.3) is 10.8 Å². The average molecular weight is 456 g/mol. The zero-order valence-electron chi connectivity index (χ0n) is 18.8. The summed E-state index contributed by atoms with van der Waals surface area (Å²) in [5.41, 5.74) is 4.70. The number of rotatable bonds is 7. The minimum absolute atomic E-state index is 0.338. The smallest absolute Gasteiger partial charge is 0.250 e. The van der Waals surface area contributed by atoms with Crippen LogP contribution >= 0.6 is 0 Å². The lowest BCUT2D eigenvalue weighted by Gasteiger charge is -2.27. The summed E-state index contributed by atoms with van der Waals surface area (Å²) < 4.78 is 10.9. The molecule has 0 unspecified atom stereocenters. The molecule has 0 saturated carbocycles. The topological polar surface area (TPSA) is 96.8 Å². The molecule has 9 heteroatoms. The lowest BCUT2D eigenvalue weighted by molar-refractivity contribution is 0.122. The van der Waals surface area contributed by atoms with E-state index >= 15 is 0 Å². The zero-order chi connectivity index (χ0) is 23.2. The molecule has 1 aliphatic rings. The molecule has 2 N–H and O–H groups in total. The van der Waals surface area contributed by atoms with Crippen LogP contribution in [0.2, 0.25) is 0 Å². The van der Waals surface area contributed by atoms with Crippen molar-refractivity contribution in [1.82, 2.24) is 15.0 Å². The number of hydrazone groups is 1.